The summed E-state index contributed by atoms with van der Waals surface area (Å²) in [7, 11) is 0. The Bertz CT molecular complexity index is 694. The van der Waals surface area contributed by atoms with Crippen LogP contribution in [-0.4, -0.2) is 28.3 Å². The van der Waals surface area contributed by atoms with E-state index in [-0.39, 0.29) is 24.4 Å². The van der Waals surface area contributed by atoms with Gasteiger partial charge in [-0.15, -0.1) is 0 Å². The fraction of sp³-hybridized carbons (Fsp3) is 0.526. The lowest BCUT2D eigenvalue weighted by molar-refractivity contribution is -0.132. The first-order valence-electron chi connectivity index (χ1n) is 8.86. The van der Waals surface area contributed by atoms with Crippen molar-refractivity contribution in [3.63, 3.8) is 0 Å². The zero-order valence-corrected chi connectivity index (χ0v) is 14.7. The summed E-state index contributed by atoms with van der Waals surface area (Å²) in [6.45, 7) is 4.46. The standard InChI is InChI=1S/C19H25N3O3/c1-12(2)9-10-19(15-7-8-15)17(24)22(18(25)21-19)11-13-3-5-14(6-4-13)16(20)23/h3-6,12,15H,7-11H2,1-2H3,(H2,20,23)(H,21,25). The van der Waals surface area contributed by atoms with E-state index in [1.165, 1.54) is 4.90 Å². The quantitative estimate of drug-likeness (QED) is 0.745. The predicted octanol–water partition coefficient (Wildman–Crippen LogP) is 2.42. The summed E-state index contributed by atoms with van der Waals surface area (Å²) in [6, 6.07) is 6.36. The molecule has 1 aromatic carbocycles. The molecule has 1 heterocycles. The van der Waals surface area contributed by atoms with Gasteiger partial charge >= 0.3 is 6.03 Å². The van der Waals surface area contributed by atoms with E-state index in [4.69, 9.17) is 5.73 Å². The molecule has 0 spiro atoms. The molecule has 3 rings (SSSR count). The average Bonchev–Trinajstić information content (AvgIpc) is 3.38. The highest BCUT2D eigenvalue weighted by atomic mass is 16.2. The van der Waals surface area contributed by atoms with Gasteiger partial charge in [0, 0.05) is 5.56 Å². The molecule has 0 bridgehead atoms. The van der Waals surface area contributed by atoms with E-state index in [1.54, 1.807) is 24.3 Å². The highest BCUT2D eigenvalue weighted by Gasteiger charge is 2.58. The number of nitrogens with one attached hydrogen (secondary N) is 1. The van der Waals surface area contributed by atoms with Crippen molar-refractivity contribution in [1.29, 1.82) is 0 Å². The lowest BCUT2D eigenvalue weighted by atomic mass is 9.85. The summed E-state index contributed by atoms with van der Waals surface area (Å²) < 4.78 is 0. The van der Waals surface area contributed by atoms with Crippen LogP contribution in [0.4, 0.5) is 4.79 Å². The Kier molecular flexibility index (Phi) is 4.54. The lowest BCUT2D eigenvalue weighted by Crippen LogP contribution is -2.49. The number of primary amides is 1. The number of amides is 4. The van der Waals surface area contributed by atoms with E-state index in [0.717, 1.165) is 24.8 Å². The van der Waals surface area contributed by atoms with Crippen molar-refractivity contribution in [2.45, 2.75) is 51.6 Å². The van der Waals surface area contributed by atoms with E-state index in [9.17, 15) is 14.4 Å². The first kappa shape index (κ1) is 17.5. The fourth-order valence-corrected chi connectivity index (χ4v) is 3.49. The van der Waals surface area contributed by atoms with Crippen molar-refractivity contribution in [2.24, 2.45) is 17.6 Å². The van der Waals surface area contributed by atoms with Gasteiger partial charge in [-0.1, -0.05) is 26.0 Å². The second kappa shape index (κ2) is 6.50. The zero-order chi connectivity index (χ0) is 18.2. The second-order valence-corrected chi connectivity index (χ2v) is 7.56. The Labute approximate surface area is 147 Å². The molecule has 1 unspecified atom stereocenters. The third-order valence-electron chi connectivity index (χ3n) is 5.17. The van der Waals surface area contributed by atoms with Gasteiger partial charge in [-0.25, -0.2) is 4.79 Å². The Morgan fingerprint density at radius 1 is 1.28 bits per heavy atom. The van der Waals surface area contributed by atoms with Gasteiger partial charge in [0.1, 0.15) is 5.54 Å². The van der Waals surface area contributed by atoms with Gasteiger partial charge in [-0.05, 0) is 55.2 Å². The van der Waals surface area contributed by atoms with Crippen molar-refractivity contribution < 1.29 is 14.4 Å². The highest BCUT2D eigenvalue weighted by Crippen LogP contribution is 2.46. The van der Waals surface area contributed by atoms with E-state index < -0.39 is 11.4 Å². The zero-order valence-electron chi connectivity index (χ0n) is 14.7. The minimum atomic E-state index is -0.728. The van der Waals surface area contributed by atoms with Crippen LogP contribution in [0.2, 0.25) is 0 Å². The van der Waals surface area contributed by atoms with Crippen LogP contribution in [0.5, 0.6) is 0 Å². The van der Waals surface area contributed by atoms with E-state index in [1.807, 2.05) is 0 Å². The molecule has 1 saturated carbocycles. The van der Waals surface area contributed by atoms with Crippen LogP contribution in [0.3, 0.4) is 0 Å². The van der Waals surface area contributed by atoms with Gasteiger partial charge in [-0.3, -0.25) is 14.5 Å². The van der Waals surface area contributed by atoms with Gasteiger partial charge < -0.3 is 11.1 Å². The van der Waals surface area contributed by atoms with Crippen LogP contribution < -0.4 is 11.1 Å². The molecular formula is C19H25N3O3. The molecule has 6 nitrogen and oxygen atoms in total. The molecular weight excluding hydrogens is 318 g/mol. The number of nitrogens with two attached hydrogens (primary N) is 1. The predicted molar refractivity (Wildman–Crippen MR) is 93.6 cm³/mol. The molecule has 6 heteroatoms. The molecule has 1 aliphatic carbocycles. The number of hydrogen-bond acceptors (Lipinski definition) is 3. The number of hydrogen-bond donors (Lipinski definition) is 2. The molecule has 1 saturated heterocycles. The fourth-order valence-electron chi connectivity index (χ4n) is 3.49. The first-order chi connectivity index (χ1) is 11.8. The summed E-state index contributed by atoms with van der Waals surface area (Å²) in [5, 5.41) is 3.00. The number of imide groups is 1. The summed E-state index contributed by atoms with van der Waals surface area (Å²) in [4.78, 5) is 38.0. The maximum Gasteiger partial charge on any atom is 0.325 e. The number of carbonyl (C=O) groups is 3. The van der Waals surface area contributed by atoms with Gasteiger partial charge in [0.2, 0.25) is 5.91 Å². The number of urea groups is 1. The Balaban J connectivity index is 1.77. The van der Waals surface area contributed by atoms with Crippen LogP contribution >= 0.6 is 0 Å². The van der Waals surface area contributed by atoms with Crippen molar-refractivity contribution >= 4 is 17.8 Å². The van der Waals surface area contributed by atoms with Crippen LogP contribution in [0.15, 0.2) is 24.3 Å². The maximum atomic E-state index is 13.1. The second-order valence-electron chi connectivity index (χ2n) is 7.56. The number of rotatable bonds is 7. The Morgan fingerprint density at radius 2 is 1.92 bits per heavy atom. The van der Waals surface area contributed by atoms with Crippen LogP contribution in [0.1, 0.15) is 55.5 Å². The summed E-state index contributed by atoms with van der Waals surface area (Å²) >= 11 is 0. The smallest absolute Gasteiger partial charge is 0.325 e. The van der Waals surface area contributed by atoms with Crippen molar-refractivity contribution in [3.8, 4) is 0 Å². The first-order valence-corrected chi connectivity index (χ1v) is 8.86. The highest BCUT2D eigenvalue weighted by molar-refractivity contribution is 6.07. The largest absolute Gasteiger partial charge is 0.366 e. The van der Waals surface area contributed by atoms with Crippen LogP contribution in [0.25, 0.3) is 0 Å². The number of nitrogens with zero attached hydrogens (tertiary/aromatic N) is 1. The van der Waals surface area contributed by atoms with Gasteiger partial charge in [0.15, 0.2) is 0 Å². The molecule has 25 heavy (non-hydrogen) atoms. The summed E-state index contributed by atoms with van der Waals surface area (Å²) in [5.41, 5.74) is 5.71. The molecule has 1 atom stereocenters. The minimum Gasteiger partial charge on any atom is -0.366 e. The monoisotopic (exact) mass is 343 g/mol. The molecule has 4 amide bonds. The minimum absolute atomic E-state index is 0.111. The third kappa shape index (κ3) is 3.38. The lowest BCUT2D eigenvalue weighted by Gasteiger charge is -2.27. The van der Waals surface area contributed by atoms with Crippen LogP contribution in [0, 0.1) is 11.8 Å². The number of carbonyl (C=O) groups excluding carboxylic acids is 3. The van der Waals surface area contributed by atoms with Gasteiger partial charge in [0.25, 0.3) is 5.91 Å². The maximum absolute atomic E-state index is 13.1. The average molecular weight is 343 g/mol. The Hall–Kier alpha value is -2.37. The molecule has 1 aliphatic heterocycles. The molecule has 1 aromatic rings. The third-order valence-corrected chi connectivity index (χ3v) is 5.17. The van der Waals surface area contributed by atoms with E-state index in [2.05, 4.69) is 19.2 Å². The van der Waals surface area contributed by atoms with E-state index >= 15 is 0 Å². The summed E-state index contributed by atoms with van der Waals surface area (Å²) in [5.74, 6) is 0.128. The molecule has 0 aromatic heterocycles. The van der Waals surface area contributed by atoms with Gasteiger partial charge in [0.05, 0.1) is 6.54 Å². The van der Waals surface area contributed by atoms with Crippen molar-refractivity contribution in [3.05, 3.63) is 35.4 Å². The molecule has 134 valence electrons. The Morgan fingerprint density at radius 3 is 2.44 bits per heavy atom. The molecule has 0 radical (unpaired) electrons. The normalized spacial score (nSPS) is 23.2. The van der Waals surface area contributed by atoms with Crippen molar-refractivity contribution in [1.82, 2.24) is 10.2 Å². The van der Waals surface area contributed by atoms with E-state index in [0.29, 0.717) is 17.9 Å². The van der Waals surface area contributed by atoms with Crippen LogP contribution in [-0.2, 0) is 11.3 Å². The molecule has 3 N–H and O–H groups in total. The molecule has 2 fully saturated rings. The SMILES string of the molecule is CC(C)CCC1(C2CC2)NC(=O)N(Cc2ccc(C(N)=O)cc2)C1=O. The number of benzene rings is 1. The summed E-state index contributed by atoms with van der Waals surface area (Å²) in [6.07, 6.45) is 3.58. The van der Waals surface area contributed by atoms with Crippen molar-refractivity contribution in [2.75, 3.05) is 0 Å². The molecule has 2 aliphatic rings. The van der Waals surface area contributed by atoms with Gasteiger partial charge in [-0.2, -0.15) is 0 Å². The topological polar surface area (TPSA) is 92.5 Å².